The lowest BCUT2D eigenvalue weighted by Gasteiger charge is -2.07. The van der Waals surface area contributed by atoms with Crippen molar-refractivity contribution in [2.24, 2.45) is 12.0 Å². The molecule has 0 radical (unpaired) electrons. The third-order valence-corrected chi connectivity index (χ3v) is 4.90. The molecule has 1 amide bonds. The molecular weight excluding hydrogens is 340 g/mol. The molecule has 0 aliphatic carbocycles. The molecule has 0 aliphatic rings. The minimum Gasteiger partial charge on any atom is -0.465 e. The first-order valence-electron chi connectivity index (χ1n) is 7.73. The number of fused-ring (bicyclic) bond motifs is 1. The van der Waals surface area contributed by atoms with E-state index < -0.39 is 5.97 Å². The number of carbonyl (C=O) groups excluding carboxylic acids is 2. The minimum absolute atomic E-state index is 0.0722. The molecule has 0 spiro atoms. The van der Waals surface area contributed by atoms with E-state index in [0.29, 0.717) is 16.1 Å². The summed E-state index contributed by atoms with van der Waals surface area (Å²) in [5.74, 6) is -0.741. The van der Waals surface area contributed by atoms with Crippen LogP contribution in [-0.2, 0) is 11.8 Å². The minimum atomic E-state index is -0.395. The van der Waals surface area contributed by atoms with Crippen molar-refractivity contribution in [1.29, 1.82) is 0 Å². The Kier molecular flexibility index (Phi) is 4.54. The van der Waals surface area contributed by atoms with Crippen LogP contribution < -0.4 is 4.80 Å². The number of hydrogen-bond donors (Lipinski definition) is 0. The fourth-order valence-corrected chi connectivity index (χ4v) is 3.58. The van der Waals surface area contributed by atoms with Crippen molar-refractivity contribution >= 4 is 33.4 Å². The van der Waals surface area contributed by atoms with Gasteiger partial charge in [-0.2, -0.15) is 10.1 Å². The molecule has 0 unspecified atom stereocenters. The number of aryl methyl sites for hydroxylation is 1. The number of rotatable bonds is 3. The molecule has 3 rings (SSSR count). The van der Waals surface area contributed by atoms with Gasteiger partial charge in [-0.1, -0.05) is 11.3 Å². The van der Waals surface area contributed by atoms with Crippen LogP contribution in [0, 0.1) is 0 Å². The Labute approximate surface area is 148 Å². The summed E-state index contributed by atoms with van der Waals surface area (Å²) < 4.78 is 9.07. The Balaban J connectivity index is 2.07. The lowest BCUT2D eigenvalue weighted by Crippen LogP contribution is -2.16. The summed E-state index contributed by atoms with van der Waals surface area (Å²) in [6.45, 7) is 3.91. The van der Waals surface area contributed by atoms with E-state index in [1.54, 1.807) is 29.1 Å². The Morgan fingerprint density at radius 3 is 2.72 bits per heavy atom. The smallest absolute Gasteiger partial charge is 0.337 e. The van der Waals surface area contributed by atoms with Gasteiger partial charge in [0.15, 0.2) is 4.80 Å². The van der Waals surface area contributed by atoms with Gasteiger partial charge in [0.2, 0.25) is 0 Å². The van der Waals surface area contributed by atoms with E-state index in [1.807, 2.05) is 31.5 Å². The van der Waals surface area contributed by atoms with Crippen molar-refractivity contribution in [3.05, 3.63) is 46.5 Å². The number of esters is 1. The number of nitrogens with zero attached hydrogens (tertiary/aromatic N) is 4. The molecule has 3 aromatic rings. The van der Waals surface area contributed by atoms with Crippen LogP contribution in [0.25, 0.3) is 10.2 Å². The standard InChI is InChI=1S/C17H18N4O3S/c1-10(2)21-13(7-8-18-21)15(22)19-17-20(3)12-6-5-11(16(23)24-4)9-14(12)25-17/h5-10H,1-4H3. The van der Waals surface area contributed by atoms with Gasteiger partial charge in [-0.25, -0.2) is 4.79 Å². The molecule has 0 aliphatic heterocycles. The maximum atomic E-state index is 12.5. The fourth-order valence-electron chi connectivity index (χ4n) is 2.52. The molecule has 2 heterocycles. The Morgan fingerprint density at radius 2 is 2.04 bits per heavy atom. The Hall–Kier alpha value is -2.74. The van der Waals surface area contributed by atoms with Crippen molar-refractivity contribution in [3.8, 4) is 0 Å². The quantitative estimate of drug-likeness (QED) is 0.674. The summed E-state index contributed by atoms with van der Waals surface area (Å²) in [6.07, 6.45) is 1.59. The lowest BCUT2D eigenvalue weighted by atomic mass is 10.2. The van der Waals surface area contributed by atoms with Crippen molar-refractivity contribution in [2.75, 3.05) is 7.11 Å². The maximum Gasteiger partial charge on any atom is 0.337 e. The van der Waals surface area contributed by atoms with Crippen molar-refractivity contribution in [2.45, 2.75) is 19.9 Å². The van der Waals surface area contributed by atoms with Gasteiger partial charge in [0.1, 0.15) is 5.69 Å². The second-order valence-electron chi connectivity index (χ2n) is 5.79. The second-order valence-corrected chi connectivity index (χ2v) is 6.80. The molecule has 130 valence electrons. The average molecular weight is 358 g/mol. The van der Waals surface area contributed by atoms with Crippen LogP contribution in [0.2, 0.25) is 0 Å². The number of benzene rings is 1. The highest BCUT2D eigenvalue weighted by atomic mass is 32.1. The first-order valence-corrected chi connectivity index (χ1v) is 8.54. The predicted molar refractivity (Wildman–Crippen MR) is 94.6 cm³/mol. The Bertz CT molecular complexity index is 1030. The highest BCUT2D eigenvalue weighted by Gasteiger charge is 2.15. The molecule has 2 aromatic heterocycles. The lowest BCUT2D eigenvalue weighted by molar-refractivity contribution is 0.0601. The molecule has 0 N–H and O–H groups in total. The van der Waals surface area contributed by atoms with E-state index in [1.165, 1.54) is 18.4 Å². The van der Waals surface area contributed by atoms with Gasteiger partial charge in [-0.05, 0) is 38.1 Å². The molecule has 0 saturated heterocycles. The third-order valence-electron chi connectivity index (χ3n) is 3.81. The molecule has 0 bridgehead atoms. The van der Waals surface area contributed by atoms with Gasteiger partial charge in [0.05, 0.1) is 22.9 Å². The summed E-state index contributed by atoms with van der Waals surface area (Å²) in [4.78, 5) is 29.0. The third kappa shape index (κ3) is 3.12. The zero-order valence-corrected chi connectivity index (χ0v) is 15.2. The molecule has 8 heteroatoms. The fraction of sp³-hybridized carbons (Fsp3) is 0.294. The molecule has 7 nitrogen and oxygen atoms in total. The van der Waals surface area contributed by atoms with Crippen LogP contribution in [0.1, 0.15) is 40.7 Å². The highest BCUT2D eigenvalue weighted by Crippen LogP contribution is 2.19. The van der Waals surface area contributed by atoms with Crippen LogP contribution in [0.15, 0.2) is 35.5 Å². The zero-order valence-electron chi connectivity index (χ0n) is 14.4. The van der Waals surface area contributed by atoms with Crippen LogP contribution in [0.3, 0.4) is 0 Å². The summed E-state index contributed by atoms with van der Waals surface area (Å²) >= 11 is 1.34. The van der Waals surface area contributed by atoms with E-state index in [-0.39, 0.29) is 11.9 Å². The van der Waals surface area contributed by atoms with E-state index in [4.69, 9.17) is 4.74 Å². The number of carbonyl (C=O) groups is 2. The van der Waals surface area contributed by atoms with Gasteiger partial charge < -0.3 is 9.30 Å². The molecule has 25 heavy (non-hydrogen) atoms. The van der Waals surface area contributed by atoms with Gasteiger partial charge in [-0.3, -0.25) is 9.48 Å². The summed E-state index contributed by atoms with van der Waals surface area (Å²) in [5.41, 5.74) is 1.80. The summed E-state index contributed by atoms with van der Waals surface area (Å²) in [7, 11) is 3.18. The summed E-state index contributed by atoms with van der Waals surface area (Å²) in [6, 6.07) is 6.99. The molecule has 0 saturated carbocycles. The monoisotopic (exact) mass is 358 g/mol. The maximum absolute atomic E-state index is 12.5. The number of amides is 1. The van der Waals surface area contributed by atoms with Crippen LogP contribution in [-0.4, -0.2) is 33.3 Å². The number of hydrogen-bond acceptors (Lipinski definition) is 5. The van der Waals surface area contributed by atoms with E-state index in [9.17, 15) is 9.59 Å². The summed E-state index contributed by atoms with van der Waals surface area (Å²) in [5, 5.41) is 4.17. The van der Waals surface area contributed by atoms with Crippen molar-refractivity contribution < 1.29 is 14.3 Å². The molecule has 0 fully saturated rings. The zero-order chi connectivity index (χ0) is 18.1. The number of ether oxygens (including phenoxy) is 1. The topological polar surface area (TPSA) is 78.5 Å². The van der Waals surface area contributed by atoms with Gasteiger partial charge in [-0.15, -0.1) is 0 Å². The van der Waals surface area contributed by atoms with Crippen LogP contribution in [0.5, 0.6) is 0 Å². The van der Waals surface area contributed by atoms with E-state index >= 15 is 0 Å². The van der Waals surface area contributed by atoms with E-state index in [0.717, 1.165) is 10.2 Å². The van der Waals surface area contributed by atoms with E-state index in [2.05, 4.69) is 10.1 Å². The van der Waals surface area contributed by atoms with Crippen LogP contribution in [0.4, 0.5) is 0 Å². The second kappa shape index (κ2) is 6.64. The average Bonchev–Trinajstić information content (AvgIpc) is 3.19. The first-order chi connectivity index (χ1) is 11.9. The van der Waals surface area contributed by atoms with Gasteiger partial charge in [0.25, 0.3) is 5.91 Å². The first kappa shape index (κ1) is 17.1. The molecule has 0 atom stereocenters. The van der Waals surface area contributed by atoms with Gasteiger partial charge >= 0.3 is 5.97 Å². The molecular formula is C17H18N4O3S. The molecule has 1 aromatic carbocycles. The largest absolute Gasteiger partial charge is 0.465 e. The number of aromatic nitrogens is 3. The van der Waals surface area contributed by atoms with Crippen molar-refractivity contribution in [1.82, 2.24) is 14.3 Å². The SMILES string of the molecule is COC(=O)c1ccc2c(c1)sc(=NC(=O)c1ccnn1C(C)C)n2C. The number of methoxy groups -OCH3 is 1. The Morgan fingerprint density at radius 1 is 1.28 bits per heavy atom. The normalized spacial score (nSPS) is 12.1. The van der Waals surface area contributed by atoms with Gasteiger partial charge in [0, 0.05) is 19.3 Å². The van der Waals surface area contributed by atoms with Crippen molar-refractivity contribution in [3.63, 3.8) is 0 Å². The highest BCUT2D eigenvalue weighted by molar-refractivity contribution is 7.16. The predicted octanol–water partition coefficient (Wildman–Crippen LogP) is 2.54. The number of thiazole rings is 1. The van der Waals surface area contributed by atoms with Crippen LogP contribution >= 0.6 is 11.3 Å².